The van der Waals surface area contributed by atoms with E-state index in [2.05, 4.69) is 20.8 Å². The number of hydrogen-bond acceptors (Lipinski definition) is 2. The van der Waals surface area contributed by atoms with Crippen molar-refractivity contribution >= 4 is 0 Å². The SMILES string of the molecule is CC[N+](N)(CC)CC(C)Oc1ccccc1. The number of rotatable bonds is 6. The lowest BCUT2D eigenvalue weighted by molar-refractivity contribution is -0.938. The van der Waals surface area contributed by atoms with Crippen LogP contribution in [0.15, 0.2) is 30.3 Å². The molecule has 1 unspecified atom stereocenters. The predicted molar refractivity (Wildman–Crippen MR) is 66.9 cm³/mol. The van der Waals surface area contributed by atoms with Crippen LogP contribution in [0.25, 0.3) is 0 Å². The lowest BCUT2D eigenvalue weighted by Gasteiger charge is -2.32. The first-order valence-electron chi connectivity index (χ1n) is 5.96. The van der Waals surface area contributed by atoms with Gasteiger partial charge in [0.1, 0.15) is 18.4 Å². The van der Waals surface area contributed by atoms with Gasteiger partial charge < -0.3 is 4.74 Å². The van der Waals surface area contributed by atoms with Gasteiger partial charge in [0.15, 0.2) is 0 Å². The highest BCUT2D eigenvalue weighted by atomic mass is 16.5. The zero-order valence-corrected chi connectivity index (χ0v) is 10.5. The van der Waals surface area contributed by atoms with Crippen LogP contribution in [-0.4, -0.2) is 30.3 Å². The molecule has 2 N–H and O–H groups in total. The van der Waals surface area contributed by atoms with Crippen molar-refractivity contribution in [2.24, 2.45) is 5.84 Å². The monoisotopic (exact) mass is 223 g/mol. The Kier molecular flexibility index (Phi) is 4.77. The van der Waals surface area contributed by atoms with Gasteiger partial charge in [-0.05, 0) is 32.9 Å². The molecular weight excluding hydrogens is 200 g/mol. The van der Waals surface area contributed by atoms with Crippen LogP contribution in [0.2, 0.25) is 0 Å². The van der Waals surface area contributed by atoms with Crippen molar-refractivity contribution in [3.63, 3.8) is 0 Å². The topological polar surface area (TPSA) is 35.2 Å². The summed E-state index contributed by atoms with van der Waals surface area (Å²) in [5.74, 6) is 7.12. The molecule has 0 radical (unpaired) electrons. The van der Waals surface area contributed by atoms with E-state index in [9.17, 15) is 0 Å². The van der Waals surface area contributed by atoms with Crippen LogP contribution in [0.1, 0.15) is 20.8 Å². The third kappa shape index (κ3) is 3.83. The van der Waals surface area contributed by atoms with Crippen molar-refractivity contribution < 1.29 is 9.33 Å². The molecule has 1 aromatic rings. The molecule has 90 valence electrons. The van der Waals surface area contributed by atoms with Crippen molar-refractivity contribution in [2.75, 3.05) is 19.6 Å². The average Bonchev–Trinajstić information content (AvgIpc) is 2.30. The van der Waals surface area contributed by atoms with E-state index in [0.717, 1.165) is 25.4 Å². The van der Waals surface area contributed by atoms with Crippen molar-refractivity contribution in [1.82, 2.24) is 0 Å². The van der Waals surface area contributed by atoms with Gasteiger partial charge in [-0.25, -0.2) is 4.59 Å². The molecule has 0 aliphatic carbocycles. The van der Waals surface area contributed by atoms with Gasteiger partial charge in [-0.15, -0.1) is 0 Å². The molecule has 3 nitrogen and oxygen atoms in total. The molecule has 0 spiro atoms. The number of nitrogens with two attached hydrogens (primary N) is 1. The Bertz CT molecular complexity index is 296. The molecule has 0 fully saturated rings. The minimum atomic E-state index is 0.132. The van der Waals surface area contributed by atoms with Gasteiger partial charge in [-0.2, -0.15) is 5.84 Å². The maximum absolute atomic E-state index is 6.21. The molecule has 0 aliphatic rings. The van der Waals surface area contributed by atoms with E-state index in [1.165, 1.54) is 0 Å². The van der Waals surface area contributed by atoms with Gasteiger partial charge >= 0.3 is 0 Å². The molecule has 1 atom stereocenters. The normalized spacial score (nSPS) is 13.5. The summed E-state index contributed by atoms with van der Waals surface area (Å²) in [5.41, 5.74) is 0. The Balaban J connectivity index is 2.50. The molecular formula is C13H23N2O+. The molecule has 16 heavy (non-hydrogen) atoms. The van der Waals surface area contributed by atoms with Gasteiger partial charge in [0.2, 0.25) is 0 Å². The lowest BCUT2D eigenvalue weighted by Crippen LogP contribution is -2.57. The smallest absolute Gasteiger partial charge is 0.146 e. The Labute approximate surface area is 98.4 Å². The lowest BCUT2D eigenvalue weighted by atomic mass is 10.3. The van der Waals surface area contributed by atoms with Crippen molar-refractivity contribution in [3.05, 3.63) is 30.3 Å². The van der Waals surface area contributed by atoms with Crippen molar-refractivity contribution in [3.8, 4) is 5.75 Å². The largest absolute Gasteiger partial charge is 0.485 e. The van der Waals surface area contributed by atoms with E-state index in [4.69, 9.17) is 10.6 Å². The molecule has 0 aliphatic heterocycles. The summed E-state index contributed by atoms with van der Waals surface area (Å²) < 4.78 is 6.38. The van der Waals surface area contributed by atoms with Gasteiger partial charge in [-0.1, -0.05) is 18.2 Å². The van der Waals surface area contributed by atoms with Crippen LogP contribution >= 0.6 is 0 Å². The average molecular weight is 223 g/mol. The highest BCUT2D eigenvalue weighted by Gasteiger charge is 2.22. The highest BCUT2D eigenvalue weighted by Crippen LogP contribution is 2.12. The van der Waals surface area contributed by atoms with Gasteiger partial charge in [0.25, 0.3) is 0 Å². The molecule has 1 aromatic carbocycles. The van der Waals surface area contributed by atoms with Crippen LogP contribution in [0.5, 0.6) is 5.75 Å². The minimum absolute atomic E-state index is 0.132. The predicted octanol–water partition coefficient (Wildman–Crippen LogP) is 2.18. The van der Waals surface area contributed by atoms with Crippen LogP contribution in [0.4, 0.5) is 0 Å². The molecule has 1 rings (SSSR count). The van der Waals surface area contributed by atoms with E-state index in [-0.39, 0.29) is 6.10 Å². The van der Waals surface area contributed by atoms with Crippen LogP contribution in [0, 0.1) is 0 Å². The molecule has 0 saturated carbocycles. The fraction of sp³-hybridized carbons (Fsp3) is 0.538. The number of nitrogens with zero attached hydrogens (tertiary/aromatic N) is 1. The number of likely N-dealkylation sites (N-methyl/N-ethyl adjacent to an activating group) is 1. The van der Waals surface area contributed by atoms with Crippen molar-refractivity contribution in [1.29, 1.82) is 0 Å². The molecule has 0 bridgehead atoms. The molecule has 0 heterocycles. The van der Waals surface area contributed by atoms with E-state index in [1.807, 2.05) is 30.3 Å². The molecule has 0 amide bonds. The second kappa shape index (κ2) is 5.87. The molecule has 0 saturated heterocycles. The van der Waals surface area contributed by atoms with Gasteiger partial charge in [0, 0.05) is 0 Å². The highest BCUT2D eigenvalue weighted by molar-refractivity contribution is 5.21. The summed E-state index contributed by atoms with van der Waals surface area (Å²) in [6.45, 7) is 8.98. The van der Waals surface area contributed by atoms with Crippen LogP contribution in [0.3, 0.4) is 0 Å². The summed E-state index contributed by atoms with van der Waals surface area (Å²) in [6, 6.07) is 9.89. The Morgan fingerprint density at radius 3 is 2.25 bits per heavy atom. The zero-order valence-electron chi connectivity index (χ0n) is 10.5. The summed E-state index contributed by atoms with van der Waals surface area (Å²) in [7, 11) is 0. The maximum Gasteiger partial charge on any atom is 0.146 e. The summed E-state index contributed by atoms with van der Waals surface area (Å²) in [4.78, 5) is 0. The number of para-hydroxylation sites is 1. The fourth-order valence-corrected chi connectivity index (χ4v) is 1.76. The van der Waals surface area contributed by atoms with Gasteiger partial charge in [0.05, 0.1) is 13.1 Å². The summed E-state index contributed by atoms with van der Waals surface area (Å²) in [6.07, 6.45) is 0.132. The minimum Gasteiger partial charge on any atom is -0.485 e. The first-order chi connectivity index (χ1) is 7.59. The zero-order chi connectivity index (χ0) is 12.0. The summed E-state index contributed by atoms with van der Waals surface area (Å²) >= 11 is 0. The number of ether oxygens (including phenoxy) is 1. The van der Waals surface area contributed by atoms with Crippen LogP contribution in [-0.2, 0) is 0 Å². The standard InChI is InChI=1S/C13H23N2O/c1-4-15(14,5-2)11-12(3)16-13-9-7-6-8-10-13/h6-10,12H,4-5,11,14H2,1-3H3/q+1. The Morgan fingerprint density at radius 2 is 1.75 bits per heavy atom. The molecule has 0 aromatic heterocycles. The first kappa shape index (κ1) is 13.0. The number of quaternary nitrogens is 1. The fourth-order valence-electron chi connectivity index (χ4n) is 1.76. The Morgan fingerprint density at radius 1 is 1.19 bits per heavy atom. The van der Waals surface area contributed by atoms with Crippen LogP contribution < -0.4 is 10.6 Å². The van der Waals surface area contributed by atoms with E-state index in [0.29, 0.717) is 4.59 Å². The number of hydrogen-bond donors (Lipinski definition) is 1. The molecule has 3 heteroatoms. The third-order valence-electron chi connectivity index (χ3n) is 2.96. The second-order valence-electron chi connectivity index (χ2n) is 4.28. The summed E-state index contributed by atoms with van der Waals surface area (Å²) in [5, 5.41) is 0. The van der Waals surface area contributed by atoms with E-state index < -0.39 is 0 Å². The number of benzene rings is 1. The van der Waals surface area contributed by atoms with Gasteiger partial charge in [-0.3, -0.25) is 0 Å². The van der Waals surface area contributed by atoms with E-state index in [1.54, 1.807) is 0 Å². The quantitative estimate of drug-likeness (QED) is 0.456. The third-order valence-corrected chi connectivity index (χ3v) is 2.96. The van der Waals surface area contributed by atoms with E-state index >= 15 is 0 Å². The van der Waals surface area contributed by atoms with Crippen molar-refractivity contribution in [2.45, 2.75) is 26.9 Å². The Hall–Kier alpha value is -1.06. The maximum atomic E-state index is 6.21. The second-order valence-corrected chi connectivity index (χ2v) is 4.28. The first-order valence-corrected chi connectivity index (χ1v) is 5.96.